The molecule has 1 aliphatic heterocycles. The Kier molecular flexibility index (Phi) is 6.75. The molecule has 7 nitrogen and oxygen atoms in total. The first-order chi connectivity index (χ1) is 18.2. The molecule has 1 aromatic heterocycles. The highest BCUT2D eigenvalue weighted by atomic mass is 35.5. The molecule has 3 aromatic carbocycles. The highest BCUT2D eigenvalue weighted by molar-refractivity contribution is 6.32. The summed E-state index contributed by atoms with van der Waals surface area (Å²) in [6.45, 7) is 2.92. The molecule has 4 aromatic rings. The number of fused-ring (bicyclic) bond motifs is 1. The van der Waals surface area contributed by atoms with Gasteiger partial charge in [-0.1, -0.05) is 48.0 Å². The van der Waals surface area contributed by atoms with Gasteiger partial charge in [-0.25, -0.2) is 4.39 Å². The van der Waals surface area contributed by atoms with Crippen LogP contribution in [0.1, 0.15) is 36.5 Å². The molecular weight excluding hydrogens is 513 g/mol. The fourth-order valence-electron chi connectivity index (χ4n) is 4.73. The van der Waals surface area contributed by atoms with E-state index in [1.807, 2.05) is 24.3 Å². The van der Waals surface area contributed by atoms with Crippen LogP contribution in [-0.2, 0) is 25.7 Å². The minimum Gasteiger partial charge on any atom is -0.493 e. The Morgan fingerprint density at radius 3 is 2.45 bits per heavy atom. The van der Waals surface area contributed by atoms with Crippen molar-refractivity contribution in [2.24, 2.45) is 5.92 Å². The van der Waals surface area contributed by atoms with Gasteiger partial charge in [0, 0.05) is 42.4 Å². The zero-order chi connectivity index (χ0) is 27.0. The first-order valence-corrected chi connectivity index (χ1v) is 12.3. The molecule has 1 saturated heterocycles. The van der Waals surface area contributed by atoms with Gasteiger partial charge in [0.05, 0.1) is 12.1 Å². The lowest BCUT2D eigenvalue weighted by Crippen LogP contribution is -2.48. The van der Waals surface area contributed by atoms with Crippen molar-refractivity contribution >= 4 is 34.4 Å². The lowest BCUT2D eigenvalue weighted by Gasteiger charge is -2.36. The highest BCUT2D eigenvalue weighted by Gasteiger charge is 2.49. The van der Waals surface area contributed by atoms with E-state index in [0.29, 0.717) is 16.7 Å². The van der Waals surface area contributed by atoms with E-state index in [4.69, 9.17) is 30.5 Å². The van der Waals surface area contributed by atoms with Gasteiger partial charge in [0.15, 0.2) is 17.4 Å². The van der Waals surface area contributed by atoms with E-state index in [9.17, 15) is 14.0 Å². The Balaban J connectivity index is 1.60. The maximum atomic E-state index is 14.1. The van der Waals surface area contributed by atoms with Crippen molar-refractivity contribution in [1.82, 2.24) is 4.98 Å². The third-order valence-electron chi connectivity index (χ3n) is 6.43. The maximum Gasteiger partial charge on any atom is 0.324 e. The number of aromatic amines is 1. The molecular formula is C29H25ClFNO6. The summed E-state index contributed by atoms with van der Waals surface area (Å²) in [6, 6.07) is 17.0. The van der Waals surface area contributed by atoms with Crippen LogP contribution in [0.2, 0.25) is 5.02 Å². The summed E-state index contributed by atoms with van der Waals surface area (Å²) >= 11 is 6.66. The van der Waals surface area contributed by atoms with E-state index in [2.05, 4.69) is 4.98 Å². The second-order valence-electron chi connectivity index (χ2n) is 9.40. The predicted molar refractivity (Wildman–Crippen MR) is 139 cm³/mol. The summed E-state index contributed by atoms with van der Waals surface area (Å²) in [4.78, 5) is 29.6. The molecule has 1 N–H and O–H groups in total. The molecule has 0 radical (unpaired) electrons. The fourth-order valence-corrected chi connectivity index (χ4v) is 5.00. The third-order valence-corrected chi connectivity index (χ3v) is 6.71. The quantitative estimate of drug-likeness (QED) is 0.225. The summed E-state index contributed by atoms with van der Waals surface area (Å²) in [5, 5.41) is 0.983. The van der Waals surface area contributed by atoms with Gasteiger partial charge in [-0.3, -0.25) is 9.59 Å². The number of rotatable bonds is 7. The molecule has 196 valence electrons. The van der Waals surface area contributed by atoms with E-state index in [1.165, 1.54) is 27.0 Å². The van der Waals surface area contributed by atoms with Crippen molar-refractivity contribution < 1.29 is 32.9 Å². The fraction of sp³-hybridized carbons (Fsp3) is 0.241. The molecule has 0 spiro atoms. The number of ether oxygens (including phenoxy) is 4. The van der Waals surface area contributed by atoms with Gasteiger partial charge in [0.1, 0.15) is 12.4 Å². The first kappa shape index (κ1) is 25.6. The number of benzene rings is 3. The Labute approximate surface area is 223 Å². The molecule has 0 amide bonds. The van der Waals surface area contributed by atoms with Crippen LogP contribution in [0.15, 0.2) is 66.9 Å². The molecule has 1 aliphatic rings. The minimum absolute atomic E-state index is 0.0790. The number of carbonyl (C=O) groups is 2. The number of carbonyl (C=O) groups excluding carboxylic acids is 2. The van der Waals surface area contributed by atoms with Gasteiger partial charge in [-0.2, -0.15) is 0 Å². The topological polar surface area (TPSA) is 86.9 Å². The maximum absolute atomic E-state index is 14.1. The molecule has 38 heavy (non-hydrogen) atoms. The van der Waals surface area contributed by atoms with Crippen LogP contribution in [0.3, 0.4) is 0 Å². The van der Waals surface area contributed by atoms with Crippen molar-refractivity contribution in [2.45, 2.75) is 32.2 Å². The number of nitrogens with one attached hydrogen (secondary N) is 1. The zero-order valence-electron chi connectivity index (χ0n) is 20.9. The van der Waals surface area contributed by atoms with Gasteiger partial charge in [0.2, 0.25) is 0 Å². The van der Waals surface area contributed by atoms with E-state index in [0.717, 1.165) is 10.9 Å². The second kappa shape index (κ2) is 10.0. The number of H-pyrrole nitrogens is 1. The minimum atomic E-state index is -1.38. The zero-order valence-corrected chi connectivity index (χ0v) is 21.7. The number of methoxy groups -OCH3 is 1. The molecule has 5 rings (SSSR count). The largest absolute Gasteiger partial charge is 0.493 e. The Hall–Kier alpha value is -4.04. The van der Waals surface area contributed by atoms with Gasteiger partial charge < -0.3 is 23.9 Å². The van der Waals surface area contributed by atoms with Crippen LogP contribution in [0.5, 0.6) is 11.5 Å². The summed E-state index contributed by atoms with van der Waals surface area (Å²) in [5.41, 5.74) is 2.36. The first-order valence-electron chi connectivity index (χ1n) is 11.9. The van der Waals surface area contributed by atoms with E-state index >= 15 is 0 Å². The van der Waals surface area contributed by atoms with Crippen LogP contribution in [-0.4, -0.2) is 29.8 Å². The average Bonchev–Trinajstić information content (AvgIpc) is 3.29. The van der Waals surface area contributed by atoms with Crippen molar-refractivity contribution in [3.05, 3.63) is 94.4 Å². The van der Waals surface area contributed by atoms with Gasteiger partial charge >= 0.3 is 11.9 Å². The van der Waals surface area contributed by atoms with Crippen molar-refractivity contribution in [2.75, 3.05) is 7.11 Å². The number of cyclic esters (lactones) is 2. The summed E-state index contributed by atoms with van der Waals surface area (Å²) in [6.07, 6.45) is 1.75. The van der Waals surface area contributed by atoms with E-state index < -0.39 is 35.4 Å². The Morgan fingerprint density at radius 2 is 1.74 bits per heavy atom. The summed E-state index contributed by atoms with van der Waals surface area (Å²) < 4.78 is 36.5. The molecule has 9 heteroatoms. The number of para-hydroxylation sites is 1. The molecule has 0 bridgehead atoms. The van der Waals surface area contributed by atoms with E-state index in [1.54, 1.807) is 36.5 Å². The smallest absolute Gasteiger partial charge is 0.324 e. The van der Waals surface area contributed by atoms with Crippen molar-refractivity contribution in [3.8, 4) is 11.5 Å². The van der Waals surface area contributed by atoms with Crippen LogP contribution >= 0.6 is 11.6 Å². The number of esters is 2. The van der Waals surface area contributed by atoms with Gasteiger partial charge in [-0.15, -0.1) is 0 Å². The van der Waals surface area contributed by atoms with Crippen molar-refractivity contribution in [1.29, 1.82) is 0 Å². The Morgan fingerprint density at radius 1 is 1.05 bits per heavy atom. The molecule has 0 aliphatic carbocycles. The molecule has 1 fully saturated rings. The molecule has 0 unspecified atom stereocenters. The summed E-state index contributed by atoms with van der Waals surface area (Å²) in [5.74, 6) is -4.87. The molecule has 2 heterocycles. The lowest BCUT2D eigenvalue weighted by molar-refractivity contribution is -0.240. The van der Waals surface area contributed by atoms with E-state index in [-0.39, 0.29) is 23.1 Å². The van der Waals surface area contributed by atoms with Gasteiger partial charge in [0.25, 0.3) is 5.79 Å². The van der Waals surface area contributed by atoms with Crippen LogP contribution in [0, 0.1) is 11.7 Å². The highest BCUT2D eigenvalue weighted by Crippen LogP contribution is 2.45. The Bertz CT molecular complexity index is 1510. The van der Waals surface area contributed by atoms with Crippen LogP contribution in [0.4, 0.5) is 4.39 Å². The van der Waals surface area contributed by atoms with Crippen LogP contribution in [0.25, 0.3) is 10.9 Å². The lowest BCUT2D eigenvalue weighted by atomic mass is 9.79. The molecule has 1 atom stereocenters. The van der Waals surface area contributed by atoms with Crippen LogP contribution < -0.4 is 9.47 Å². The third kappa shape index (κ3) is 4.79. The normalized spacial score (nSPS) is 16.1. The standard InChI is InChI=1S/C29H25ClFNO6/c1-29(2)37-27(33)25(28(34)38-29)24(19-14-32-22-11-7-5-9-18(19)22)17-12-20(30)26(23(13-17)35-3)36-15-16-8-4-6-10-21(16)31/h4-14,24-25,32H,15H2,1-3H3/t24-/m1/s1. The monoisotopic (exact) mass is 537 g/mol. The summed E-state index contributed by atoms with van der Waals surface area (Å²) in [7, 11) is 1.44. The van der Waals surface area contributed by atoms with Gasteiger partial charge in [-0.05, 0) is 35.4 Å². The number of hydrogen-bond acceptors (Lipinski definition) is 6. The number of halogens is 2. The average molecular weight is 538 g/mol. The molecule has 0 saturated carbocycles. The number of hydrogen-bond donors (Lipinski definition) is 1. The SMILES string of the molecule is COc1cc([C@H](c2c[nH]c3ccccc23)C2C(=O)OC(C)(C)OC2=O)cc(Cl)c1OCc1ccccc1F. The second-order valence-corrected chi connectivity index (χ2v) is 9.81. The van der Waals surface area contributed by atoms with Crippen molar-refractivity contribution in [3.63, 3.8) is 0 Å². The predicted octanol–water partition coefficient (Wildman–Crippen LogP) is 6.13. The number of aromatic nitrogens is 1.